The first-order valence-corrected chi connectivity index (χ1v) is 7.44. The van der Waals surface area contributed by atoms with E-state index in [2.05, 4.69) is 15.6 Å². The first kappa shape index (κ1) is 13.9. The van der Waals surface area contributed by atoms with Crippen LogP contribution in [-0.4, -0.2) is 36.1 Å². The lowest BCUT2D eigenvalue weighted by molar-refractivity contribution is -0.121. The van der Waals surface area contributed by atoms with Crippen LogP contribution in [0.4, 0.5) is 0 Å². The molecule has 0 bridgehead atoms. The molecule has 3 aromatic rings. The maximum atomic E-state index is 12.4. The molecule has 1 aliphatic heterocycles. The SMILES string of the molecule is CC1CC(=O)NN1Cc1nnc2n(C)c(=O)c3ccccc3n12. The highest BCUT2D eigenvalue weighted by Crippen LogP contribution is 2.17. The fraction of sp³-hybridized carbons (Fsp3) is 0.333. The number of hydrogen-bond donors (Lipinski definition) is 1. The second kappa shape index (κ2) is 4.88. The second-order valence-electron chi connectivity index (χ2n) is 5.85. The van der Waals surface area contributed by atoms with Crippen LogP contribution in [0.2, 0.25) is 0 Å². The lowest BCUT2D eigenvalue weighted by atomic mass is 10.2. The predicted octanol–water partition coefficient (Wildman–Crippen LogP) is 0.207. The van der Waals surface area contributed by atoms with E-state index in [1.807, 2.05) is 34.5 Å². The van der Waals surface area contributed by atoms with Gasteiger partial charge in [-0.15, -0.1) is 10.2 Å². The van der Waals surface area contributed by atoms with Gasteiger partial charge in [-0.2, -0.15) is 0 Å². The molecule has 0 radical (unpaired) electrons. The van der Waals surface area contributed by atoms with Crippen LogP contribution in [-0.2, 0) is 18.4 Å². The molecule has 118 valence electrons. The van der Waals surface area contributed by atoms with Gasteiger partial charge in [0.25, 0.3) is 5.56 Å². The Morgan fingerprint density at radius 3 is 2.78 bits per heavy atom. The highest BCUT2D eigenvalue weighted by molar-refractivity contribution is 5.80. The molecule has 1 N–H and O–H groups in total. The molecule has 1 fully saturated rings. The van der Waals surface area contributed by atoms with E-state index < -0.39 is 0 Å². The van der Waals surface area contributed by atoms with Gasteiger partial charge in [-0.1, -0.05) is 12.1 Å². The van der Waals surface area contributed by atoms with E-state index in [1.54, 1.807) is 13.1 Å². The molecule has 8 heteroatoms. The van der Waals surface area contributed by atoms with Crippen molar-refractivity contribution in [2.24, 2.45) is 7.05 Å². The largest absolute Gasteiger partial charge is 0.288 e. The predicted molar refractivity (Wildman–Crippen MR) is 83.5 cm³/mol. The van der Waals surface area contributed by atoms with Crippen LogP contribution in [0, 0.1) is 0 Å². The molecule has 0 spiro atoms. The summed E-state index contributed by atoms with van der Waals surface area (Å²) in [5.41, 5.74) is 3.49. The van der Waals surface area contributed by atoms with Crippen LogP contribution in [0.1, 0.15) is 19.2 Å². The van der Waals surface area contributed by atoms with Gasteiger partial charge in [-0.05, 0) is 19.1 Å². The number of aryl methyl sites for hydroxylation is 1. The number of carbonyl (C=O) groups is 1. The van der Waals surface area contributed by atoms with E-state index in [-0.39, 0.29) is 17.5 Å². The Bertz CT molecular complexity index is 989. The summed E-state index contributed by atoms with van der Waals surface area (Å²) in [6.07, 6.45) is 0.468. The second-order valence-corrected chi connectivity index (χ2v) is 5.85. The van der Waals surface area contributed by atoms with E-state index in [0.717, 1.165) is 5.52 Å². The molecule has 8 nitrogen and oxygen atoms in total. The highest BCUT2D eigenvalue weighted by atomic mass is 16.2. The Morgan fingerprint density at radius 2 is 2.04 bits per heavy atom. The minimum Gasteiger partial charge on any atom is -0.288 e. The lowest BCUT2D eigenvalue weighted by Crippen LogP contribution is -2.37. The molecule has 1 aromatic carbocycles. The van der Waals surface area contributed by atoms with Crippen molar-refractivity contribution < 1.29 is 4.79 Å². The number of fused-ring (bicyclic) bond motifs is 3. The maximum Gasteiger partial charge on any atom is 0.262 e. The number of hydrogen-bond acceptors (Lipinski definition) is 5. The van der Waals surface area contributed by atoms with E-state index in [0.29, 0.717) is 30.0 Å². The number of nitrogens with one attached hydrogen (secondary N) is 1. The molecular weight excluding hydrogens is 296 g/mol. The zero-order valence-corrected chi connectivity index (χ0v) is 12.9. The van der Waals surface area contributed by atoms with Gasteiger partial charge in [0.15, 0.2) is 5.82 Å². The molecule has 1 amide bonds. The first-order valence-electron chi connectivity index (χ1n) is 7.44. The van der Waals surface area contributed by atoms with Gasteiger partial charge in [0, 0.05) is 19.5 Å². The van der Waals surface area contributed by atoms with E-state index >= 15 is 0 Å². The number of rotatable bonds is 2. The molecule has 1 unspecified atom stereocenters. The number of nitrogens with zero attached hydrogens (tertiary/aromatic N) is 5. The summed E-state index contributed by atoms with van der Waals surface area (Å²) in [5.74, 6) is 1.17. The third-order valence-corrected chi connectivity index (χ3v) is 4.29. The fourth-order valence-electron chi connectivity index (χ4n) is 3.04. The number of amides is 1. The van der Waals surface area contributed by atoms with Gasteiger partial charge in [-0.3, -0.25) is 24.0 Å². The summed E-state index contributed by atoms with van der Waals surface area (Å²) >= 11 is 0. The monoisotopic (exact) mass is 312 g/mol. The molecule has 23 heavy (non-hydrogen) atoms. The molecule has 0 aliphatic carbocycles. The Labute approximate surface area is 131 Å². The number of carbonyl (C=O) groups excluding carboxylic acids is 1. The third-order valence-electron chi connectivity index (χ3n) is 4.29. The van der Waals surface area contributed by atoms with Crippen molar-refractivity contribution in [1.29, 1.82) is 0 Å². The van der Waals surface area contributed by atoms with Crippen LogP contribution in [0.15, 0.2) is 29.1 Å². The van der Waals surface area contributed by atoms with E-state index in [1.165, 1.54) is 4.57 Å². The molecule has 4 rings (SSSR count). The van der Waals surface area contributed by atoms with Crippen molar-refractivity contribution in [2.45, 2.75) is 25.9 Å². The number of aromatic nitrogens is 4. The average molecular weight is 312 g/mol. The summed E-state index contributed by atoms with van der Waals surface area (Å²) in [7, 11) is 1.68. The molecular formula is C15H16N6O2. The van der Waals surface area contributed by atoms with Gasteiger partial charge in [0.1, 0.15) is 0 Å². The zero-order chi connectivity index (χ0) is 16.1. The van der Waals surface area contributed by atoms with Crippen molar-refractivity contribution in [3.63, 3.8) is 0 Å². The summed E-state index contributed by atoms with van der Waals surface area (Å²) < 4.78 is 3.36. The van der Waals surface area contributed by atoms with Crippen molar-refractivity contribution in [2.75, 3.05) is 0 Å². The van der Waals surface area contributed by atoms with Crippen molar-refractivity contribution in [1.82, 2.24) is 29.6 Å². The number of benzene rings is 1. The summed E-state index contributed by atoms with van der Waals surface area (Å²) in [6.45, 7) is 2.41. The van der Waals surface area contributed by atoms with Gasteiger partial charge < -0.3 is 0 Å². The van der Waals surface area contributed by atoms with Crippen LogP contribution in [0.5, 0.6) is 0 Å². The van der Waals surface area contributed by atoms with Crippen LogP contribution < -0.4 is 11.0 Å². The average Bonchev–Trinajstić information content (AvgIpc) is 3.09. The van der Waals surface area contributed by atoms with E-state index in [9.17, 15) is 9.59 Å². The summed E-state index contributed by atoms with van der Waals surface area (Å²) in [4.78, 5) is 23.9. The highest BCUT2D eigenvalue weighted by Gasteiger charge is 2.28. The van der Waals surface area contributed by atoms with Gasteiger partial charge in [0.2, 0.25) is 11.7 Å². The molecule has 1 atom stereocenters. The Morgan fingerprint density at radius 1 is 1.26 bits per heavy atom. The standard InChI is InChI=1S/C15H16N6O2/c1-9-7-13(22)18-20(9)8-12-16-17-15-19(2)14(23)10-5-3-4-6-11(10)21(12)15/h3-6,9H,7-8H2,1-2H3,(H,18,22). The normalized spacial score (nSPS) is 18.9. The third kappa shape index (κ3) is 2.02. The molecule has 2 aromatic heterocycles. The quantitative estimate of drug-likeness (QED) is 0.731. The van der Waals surface area contributed by atoms with Gasteiger partial charge >= 0.3 is 0 Å². The number of hydrazine groups is 1. The smallest absolute Gasteiger partial charge is 0.262 e. The maximum absolute atomic E-state index is 12.4. The van der Waals surface area contributed by atoms with Crippen molar-refractivity contribution >= 4 is 22.6 Å². The summed E-state index contributed by atoms with van der Waals surface area (Å²) in [6, 6.07) is 7.48. The van der Waals surface area contributed by atoms with Gasteiger partial charge in [0.05, 0.1) is 17.4 Å². The fourth-order valence-corrected chi connectivity index (χ4v) is 3.04. The molecule has 1 aliphatic rings. The first-order chi connectivity index (χ1) is 11.1. The topological polar surface area (TPSA) is 84.5 Å². The van der Waals surface area contributed by atoms with Gasteiger partial charge in [-0.25, -0.2) is 5.01 Å². The van der Waals surface area contributed by atoms with Crippen molar-refractivity contribution in [3.05, 3.63) is 40.4 Å². The lowest BCUT2D eigenvalue weighted by Gasteiger charge is -2.19. The molecule has 3 heterocycles. The molecule has 0 saturated carbocycles. The minimum absolute atomic E-state index is 0.00331. The Balaban J connectivity index is 1.92. The van der Waals surface area contributed by atoms with Crippen LogP contribution >= 0.6 is 0 Å². The van der Waals surface area contributed by atoms with Crippen LogP contribution in [0.25, 0.3) is 16.7 Å². The van der Waals surface area contributed by atoms with E-state index in [4.69, 9.17) is 0 Å². The zero-order valence-electron chi connectivity index (χ0n) is 12.9. The molecule has 1 saturated heterocycles. The Kier molecular flexibility index (Phi) is 2.95. The number of para-hydroxylation sites is 1. The summed E-state index contributed by atoms with van der Waals surface area (Å²) in [5, 5.41) is 10.8. The minimum atomic E-state index is -0.102. The van der Waals surface area contributed by atoms with Crippen molar-refractivity contribution in [3.8, 4) is 0 Å². The van der Waals surface area contributed by atoms with Crippen LogP contribution in [0.3, 0.4) is 0 Å². The Hall–Kier alpha value is -2.74.